The van der Waals surface area contributed by atoms with Crippen LogP contribution in [0.25, 0.3) is 33.4 Å². The molecule has 28 heavy (non-hydrogen) atoms. The van der Waals surface area contributed by atoms with Crippen LogP contribution < -0.4 is 0 Å². The van der Waals surface area contributed by atoms with E-state index in [1.54, 1.807) is 30.2 Å². The first-order valence-corrected chi connectivity index (χ1v) is 8.92. The van der Waals surface area contributed by atoms with Gasteiger partial charge in [-0.15, -0.1) is 0 Å². The predicted octanol–water partition coefficient (Wildman–Crippen LogP) is 5.05. The van der Waals surface area contributed by atoms with Gasteiger partial charge in [0.1, 0.15) is 11.5 Å². The molecule has 0 aliphatic carbocycles. The number of fused-ring (bicyclic) bond motifs is 1. The van der Waals surface area contributed by atoms with Crippen molar-refractivity contribution in [1.82, 2.24) is 25.0 Å². The van der Waals surface area contributed by atoms with Crippen LogP contribution in [0.1, 0.15) is 30.9 Å². The van der Waals surface area contributed by atoms with E-state index in [1.165, 1.54) is 18.3 Å². The summed E-state index contributed by atoms with van der Waals surface area (Å²) in [6, 6.07) is 4.27. The number of rotatable bonds is 5. The summed E-state index contributed by atoms with van der Waals surface area (Å²) >= 11 is 0. The molecule has 4 aromatic rings. The summed E-state index contributed by atoms with van der Waals surface area (Å²) in [4.78, 5) is 4.20. The number of hydrogen-bond acceptors (Lipinski definition) is 3. The third kappa shape index (κ3) is 3.15. The first-order valence-electron chi connectivity index (χ1n) is 8.92. The molecule has 8 heteroatoms. The van der Waals surface area contributed by atoms with E-state index in [0.717, 1.165) is 12.0 Å². The van der Waals surface area contributed by atoms with Gasteiger partial charge in [-0.05, 0) is 30.2 Å². The third-order valence-corrected chi connectivity index (χ3v) is 4.64. The molecule has 1 aromatic carbocycles. The molecule has 0 unspecified atom stereocenters. The van der Waals surface area contributed by atoms with Gasteiger partial charge in [0.15, 0.2) is 0 Å². The van der Waals surface area contributed by atoms with Crippen molar-refractivity contribution in [1.29, 1.82) is 0 Å². The van der Waals surface area contributed by atoms with Crippen LogP contribution in [-0.2, 0) is 13.5 Å². The van der Waals surface area contributed by atoms with Gasteiger partial charge in [0, 0.05) is 35.3 Å². The highest BCUT2D eigenvalue weighted by Crippen LogP contribution is 2.36. The van der Waals surface area contributed by atoms with E-state index in [9.17, 15) is 13.2 Å². The van der Waals surface area contributed by atoms with Crippen LogP contribution >= 0.6 is 0 Å². The van der Waals surface area contributed by atoms with Crippen molar-refractivity contribution in [3.63, 3.8) is 0 Å². The Morgan fingerprint density at radius 1 is 1.18 bits per heavy atom. The van der Waals surface area contributed by atoms with E-state index in [0.29, 0.717) is 28.6 Å². The largest absolute Gasteiger partial charge is 0.276 e. The number of nitrogens with one attached hydrogen (secondary N) is 1. The Morgan fingerprint density at radius 2 is 2.00 bits per heavy atom. The fourth-order valence-electron chi connectivity index (χ4n) is 3.38. The maximum atomic E-state index is 14.8. The number of alkyl halides is 2. The van der Waals surface area contributed by atoms with E-state index in [-0.39, 0.29) is 16.8 Å². The van der Waals surface area contributed by atoms with Gasteiger partial charge in [-0.25, -0.2) is 13.2 Å². The van der Waals surface area contributed by atoms with Crippen LogP contribution in [0.15, 0.2) is 36.8 Å². The molecule has 0 spiro atoms. The van der Waals surface area contributed by atoms with Gasteiger partial charge in [0.2, 0.25) is 0 Å². The van der Waals surface area contributed by atoms with Crippen molar-refractivity contribution >= 4 is 10.9 Å². The summed E-state index contributed by atoms with van der Waals surface area (Å²) in [7, 11) is 1.79. The van der Waals surface area contributed by atoms with Crippen molar-refractivity contribution < 1.29 is 13.2 Å². The molecule has 0 saturated carbocycles. The van der Waals surface area contributed by atoms with Crippen molar-refractivity contribution in [2.75, 3.05) is 0 Å². The van der Waals surface area contributed by atoms with Gasteiger partial charge in [-0.3, -0.25) is 14.8 Å². The number of pyridine rings is 1. The molecule has 0 aliphatic heterocycles. The second-order valence-electron chi connectivity index (χ2n) is 6.68. The van der Waals surface area contributed by atoms with Gasteiger partial charge in [0.05, 0.1) is 23.6 Å². The van der Waals surface area contributed by atoms with Gasteiger partial charge in [-0.2, -0.15) is 10.2 Å². The number of aromatic amines is 1. The number of benzene rings is 1. The molecule has 0 bridgehead atoms. The zero-order chi connectivity index (χ0) is 19.8. The molecule has 5 nitrogen and oxygen atoms in total. The van der Waals surface area contributed by atoms with Crippen molar-refractivity contribution in [3.05, 3.63) is 53.7 Å². The summed E-state index contributed by atoms with van der Waals surface area (Å²) in [5, 5.41) is 11.9. The maximum Gasteiger partial charge on any atom is 0.264 e. The van der Waals surface area contributed by atoms with Crippen LogP contribution in [0.4, 0.5) is 13.2 Å². The number of aryl methyl sites for hydroxylation is 2. The van der Waals surface area contributed by atoms with E-state index < -0.39 is 12.2 Å². The Labute approximate surface area is 159 Å². The summed E-state index contributed by atoms with van der Waals surface area (Å²) in [6.45, 7) is 1.92. The second kappa shape index (κ2) is 7.10. The van der Waals surface area contributed by atoms with Gasteiger partial charge in [-0.1, -0.05) is 13.3 Å². The molecule has 0 radical (unpaired) electrons. The van der Waals surface area contributed by atoms with Crippen molar-refractivity contribution in [2.45, 2.75) is 26.2 Å². The highest BCUT2D eigenvalue weighted by molar-refractivity contribution is 5.94. The van der Waals surface area contributed by atoms with Crippen LogP contribution in [-0.4, -0.2) is 25.0 Å². The SMILES string of the molecule is CCCc1cc(F)c(-c2cc3c(-c4cnn(C)c4)n[nH]c3cn2)c(C(F)F)c1. The number of nitrogens with zero attached hydrogens (tertiary/aromatic N) is 4. The average Bonchev–Trinajstić information content (AvgIpc) is 3.26. The Bertz CT molecular complexity index is 1150. The molecule has 0 amide bonds. The molecule has 3 aromatic heterocycles. The average molecular weight is 385 g/mol. The lowest BCUT2D eigenvalue weighted by molar-refractivity contribution is 0.151. The Kier molecular flexibility index (Phi) is 4.62. The first-order chi connectivity index (χ1) is 13.5. The summed E-state index contributed by atoms with van der Waals surface area (Å²) in [5.74, 6) is -0.695. The third-order valence-electron chi connectivity index (χ3n) is 4.64. The maximum absolute atomic E-state index is 14.8. The molecule has 0 saturated heterocycles. The molecule has 144 valence electrons. The van der Waals surface area contributed by atoms with E-state index in [4.69, 9.17) is 0 Å². The van der Waals surface area contributed by atoms with Crippen LogP contribution in [0, 0.1) is 5.82 Å². The van der Waals surface area contributed by atoms with Crippen LogP contribution in [0.2, 0.25) is 0 Å². The normalized spacial score (nSPS) is 11.6. The number of halogens is 3. The highest BCUT2D eigenvalue weighted by atomic mass is 19.3. The smallest absolute Gasteiger partial charge is 0.264 e. The quantitative estimate of drug-likeness (QED) is 0.523. The van der Waals surface area contributed by atoms with Gasteiger partial charge in [0.25, 0.3) is 6.43 Å². The van der Waals surface area contributed by atoms with E-state index in [1.807, 2.05) is 6.92 Å². The molecule has 4 rings (SSSR count). The molecule has 0 fully saturated rings. The lowest BCUT2D eigenvalue weighted by atomic mass is 9.97. The lowest BCUT2D eigenvalue weighted by Gasteiger charge is -2.12. The van der Waals surface area contributed by atoms with Crippen molar-refractivity contribution in [2.24, 2.45) is 7.05 Å². The molecular formula is C20H18F3N5. The zero-order valence-electron chi connectivity index (χ0n) is 15.4. The fourth-order valence-corrected chi connectivity index (χ4v) is 3.38. The minimum Gasteiger partial charge on any atom is -0.276 e. The molecule has 1 N–H and O–H groups in total. The van der Waals surface area contributed by atoms with Crippen molar-refractivity contribution in [3.8, 4) is 22.5 Å². The summed E-state index contributed by atoms with van der Waals surface area (Å²) in [5.41, 5.74) is 2.18. The molecule has 0 aliphatic rings. The minimum absolute atomic E-state index is 0.148. The van der Waals surface area contributed by atoms with Gasteiger partial charge >= 0.3 is 0 Å². The highest BCUT2D eigenvalue weighted by Gasteiger charge is 2.22. The monoisotopic (exact) mass is 385 g/mol. The summed E-state index contributed by atoms with van der Waals surface area (Å²) < 4.78 is 43.8. The molecule has 3 heterocycles. The Balaban J connectivity index is 1.90. The molecular weight excluding hydrogens is 367 g/mol. The second-order valence-corrected chi connectivity index (χ2v) is 6.68. The fraction of sp³-hybridized carbons (Fsp3) is 0.250. The van der Waals surface area contributed by atoms with Gasteiger partial charge < -0.3 is 0 Å². The predicted molar refractivity (Wildman–Crippen MR) is 100 cm³/mol. The van der Waals surface area contributed by atoms with Crippen LogP contribution in [0.5, 0.6) is 0 Å². The topological polar surface area (TPSA) is 59.4 Å². The Morgan fingerprint density at radius 3 is 2.68 bits per heavy atom. The number of aromatic nitrogens is 5. The standard InChI is InChI=1S/C20H18F3N5/c1-3-4-11-5-14(20(22)23)18(15(21)6-11)16-7-13-17(9-24-16)26-27-19(13)12-8-25-28(2)10-12/h5-10,20H,3-4H2,1-2H3,(H,26,27). The van der Waals surface area contributed by atoms with E-state index >= 15 is 0 Å². The van der Waals surface area contributed by atoms with E-state index in [2.05, 4.69) is 20.3 Å². The summed E-state index contributed by atoms with van der Waals surface area (Å²) in [6.07, 6.45) is 3.40. The minimum atomic E-state index is -2.80. The Hall–Kier alpha value is -3.16. The first kappa shape index (κ1) is 18.2. The number of hydrogen-bond donors (Lipinski definition) is 1. The number of H-pyrrole nitrogens is 1. The van der Waals surface area contributed by atoms with Crippen LogP contribution in [0.3, 0.4) is 0 Å². The molecule has 0 atom stereocenters. The zero-order valence-corrected chi connectivity index (χ0v) is 15.4. The lowest BCUT2D eigenvalue weighted by Crippen LogP contribution is -1.99.